The van der Waals surface area contributed by atoms with Crippen LogP contribution < -0.4 is 0 Å². The lowest BCUT2D eigenvalue weighted by Crippen LogP contribution is -2.01. The highest BCUT2D eigenvalue weighted by molar-refractivity contribution is 5.89. The molecule has 2 aromatic heterocycles. The second-order valence-electron chi connectivity index (χ2n) is 4.99. The van der Waals surface area contributed by atoms with Gasteiger partial charge in [0.25, 0.3) is 0 Å². The summed E-state index contributed by atoms with van der Waals surface area (Å²) < 4.78 is 5.71. The highest BCUT2D eigenvalue weighted by Gasteiger charge is 2.17. The summed E-state index contributed by atoms with van der Waals surface area (Å²) in [4.78, 5) is 20.0. The first kappa shape index (κ1) is 14.8. The first-order valence-electron chi connectivity index (χ1n) is 6.99. The average molecular weight is 309 g/mol. The molecule has 0 atom stereocenters. The average Bonchev–Trinajstić information content (AvgIpc) is 2.89. The molecular weight excluding hydrogens is 294 g/mol. The van der Waals surface area contributed by atoms with Crippen molar-refractivity contribution in [3.8, 4) is 22.6 Å². The summed E-state index contributed by atoms with van der Waals surface area (Å²) in [6.07, 6.45) is 3.34. The molecule has 3 rings (SSSR count). The molecule has 6 heteroatoms. The van der Waals surface area contributed by atoms with E-state index in [0.29, 0.717) is 28.3 Å². The number of aryl methyl sites for hydroxylation is 1. The summed E-state index contributed by atoms with van der Waals surface area (Å²) in [6, 6.07) is 10.4. The monoisotopic (exact) mass is 309 g/mol. The fraction of sp³-hybridized carbons (Fsp3) is 0.118. The van der Waals surface area contributed by atoms with Crippen molar-refractivity contribution in [3.63, 3.8) is 0 Å². The SMILES string of the molecule is COC(=O)c1ccc(-c2nc(C)c(-c3cccnc3)n2O)cc1. The minimum absolute atomic E-state index is 0.401. The lowest BCUT2D eigenvalue weighted by atomic mass is 10.1. The Morgan fingerprint density at radius 2 is 1.91 bits per heavy atom. The molecule has 1 N–H and O–H groups in total. The summed E-state index contributed by atoms with van der Waals surface area (Å²) in [5.74, 6) is -0.00566. The van der Waals surface area contributed by atoms with Crippen LogP contribution in [0.15, 0.2) is 48.8 Å². The summed E-state index contributed by atoms with van der Waals surface area (Å²) in [5, 5.41) is 10.5. The van der Waals surface area contributed by atoms with Crippen molar-refractivity contribution in [1.82, 2.24) is 14.7 Å². The Balaban J connectivity index is 2.03. The van der Waals surface area contributed by atoms with Crippen molar-refractivity contribution in [2.75, 3.05) is 7.11 Å². The van der Waals surface area contributed by atoms with Gasteiger partial charge in [0.2, 0.25) is 0 Å². The molecule has 0 aliphatic carbocycles. The van der Waals surface area contributed by atoms with Crippen LogP contribution in [-0.4, -0.2) is 33.0 Å². The van der Waals surface area contributed by atoms with Crippen LogP contribution in [-0.2, 0) is 4.74 Å². The molecule has 23 heavy (non-hydrogen) atoms. The van der Waals surface area contributed by atoms with Gasteiger partial charge in [-0.15, -0.1) is 0 Å². The van der Waals surface area contributed by atoms with Gasteiger partial charge in [-0.2, -0.15) is 4.73 Å². The Labute approximate surface area is 133 Å². The minimum atomic E-state index is -0.406. The number of methoxy groups -OCH3 is 1. The van der Waals surface area contributed by atoms with E-state index in [-0.39, 0.29) is 0 Å². The molecule has 0 radical (unpaired) electrons. The fourth-order valence-corrected chi connectivity index (χ4v) is 2.41. The number of esters is 1. The lowest BCUT2D eigenvalue weighted by molar-refractivity contribution is 0.0601. The Morgan fingerprint density at radius 3 is 2.52 bits per heavy atom. The molecule has 6 nitrogen and oxygen atoms in total. The third-order valence-corrected chi connectivity index (χ3v) is 3.53. The van der Waals surface area contributed by atoms with Gasteiger partial charge in [-0.05, 0) is 31.2 Å². The molecule has 3 aromatic rings. The van der Waals surface area contributed by atoms with E-state index in [1.54, 1.807) is 42.7 Å². The third kappa shape index (κ3) is 2.66. The molecule has 0 fully saturated rings. The summed E-state index contributed by atoms with van der Waals surface area (Å²) in [7, 11) is 1.33. The van der Waals surface area contributed by atoms with Crippen LogP contribution in [0.4, 0.5) is 0 Å². The van der Waals surface area contributed by atoms with Crippen LogP contribution in [0.1, 0.15) is 16.1 Å². The Hall–Kier alpha value is -3.15. The van der Waals surface area contributed by atoms with Crippen LogP contribution >= 0.6 is 0 Å². The zero-order valence-electron chi connectivity index (χ0n) is 12.7. The maximum Gasteiger partial charge on any atom is 0.337 e. The zero-order chi connectivity index (χ0) is 16.4. The predicted molar refractivity (Wildman–Crippen MR) is 84.2 cm³/mol. The first-order chi connectivity index (χ1) is 11.1. The third-order valence-electron chi connectivity index (χ3n) is 3.53. The van der Waals surface area contributed by atoms with Crippen LogP contribution in [0, 0.1) is 6.92 Å². The number of ether oxygens (including phenoxy) is 1. The van der Waals surface area contributed by atoms with Crippen LogP contribution in [0.5, 0.6) is 0 Å². The fourth-order valence-electron chi connectivity index (χ4n) is 2.41. The molecule has 0 amide bonds. The zero-order valence-corrected chi connectivity index (χ0v) is 12.7. The van der Waals surface area contributed by atoms with Gasteiger partial charge in [0, 0.05) is 23.5 Å². The van der Waals surface area contributed by atoms with E-state index in [9.17, 15) is 10.0 Å². The van der Waals surface area contributed by atoms with Crippen molar-refractivity contribution >= 4 is 5.97 Å². The number of imidazole rings is 1. The van der Waals surface area contributed by atoms with Crippen molar-refractivity contribution in [2.45, 2.75) is 6.92 Å². The second kappa shape index (κ2) is 5.92. The van der Waals surface area contributed by atoms with E-state index in [1.807, 2.05) is 13.0 Å². The number of rotatable bonds is 3. The highest BCUT2D eigenvalue weighted by Crippen LogP contribution is 2.28. The van der Waals surface area contributed by atoms with Crippen LogP contribution in [0.25, 0.3) is 22.6 Å². The minimum Gasteiger partial charge on any atom is -0.465 e. The number of pyridine rings is 1. The van der Waals surface area contributed by atoms with Crippen LogP contribution in [0.2, 0.25) is 0 Å². The Bertz CT molecular complexity index is 840. The molecule has 0 spiro atoms. The largest absolute Gasteiger partial charge is 0.465 e. The van der Waals surface area contributed by atoms with E-state index in [1.165, 1.54) is 7.11 Å². The number of hydrogen-bond acceptors (Lipinski definition) is 5. The first-order valence-corrected chi connectivity index (χ1v) is 6.99. The molecule has 0 saturated carbocycles. The van der Waals surface area contributed by atoms with Crippen molar-refractivity contribution in [1.29, 1.82) is 0 Å². The van der Waals surface area contributed by atoms with Crippen molar-refractivity contribution in [3.05, 3.63) is 60.0 Å². The van der Waals surface area contributed by atoms with E-state index in [0.717, 1.165) is 10.3 Å². The molecule has 2 heterocycles. The number of carbonyl (C=O) groups is 1. The van der Waals surface area contributed by atoms with E-state index < -0.39 is 5.97 Å². The molecule has 0 unspecified atom stereocenters. The van der Waals surface area contributed by atoms with E-state index in [4.69, 9.17) is 0 Å². The molecule has 0 saturated heterocycles. The number of hydrogen-bond donors (Lipinski definition) is 1. The number of aromatic nitrogens is 3. The van der Waals surface area contributed by atoms with Gasteiger partial charge in [-0.1, -0.05) is 12.1 Å². The van der Waals surface area contributed by atoms with Gasteiger partial charge >= 0.3 is 5.97 Å². The van der Waals surface area contributed by atoms with Gasteiger partial charge in [0.1, 0.15) is 5.69 Å². The van der Waals surface area contributed by atoms with E-state index >= 15 is 0 Å². The topological polar surface area (TPSA) is 77.2 Å². The Morgan fingerprint density at radius 1 is 1.17 bits per heavy atom. The summed E-state index contributed by atoms with van der Waals surface area (Å²) >= 11 is 0. The maximum atomic E-state index is 11.5. The standard InChI is InChI=1S/C17H15N3O3/c1-11-15(14-4-3-9-18-10-14)20(22)16(19-11)12-5-7-13(8-6-12)17(21)23-2/h3-10,22H,1-2H3. The maximum absolute atomic E-state index is 11.5. The Kier molecular flexibility index (Phi) is 3.80. The number of carbonyl (C=O) groups excluding carboxylic acids is 1. The molecular formula is C17H15N3O3. The van der Waals surface area contributed by atoms with E-state index in [2.05, 4.69) is 14.7 Å². The molecule has 0 aliphatic rings. The molecule has 0 aliphatic heterocycles. The van der Waals surface area contributed by atoms with Crippen molar-refractivity contribution in [2.24, 2.45) is 0 Å². The van der Waals surface area contributed by atoms with Gasteiger partial charge in [-0.3, -0.25) is 4.98 Å². The van der Waals surface area contributed by atoms with Gasteiger partial charge in [0.05, 0.1) is 18.4 Å². The summed E-state index contributed by atoms with van der Waals surface area (Å²) in [5.41, 5.74) is 3.19. The van der Waals surface area contributed by atoms with Crippen LogP contribution in [0.3, 0.4) is 0 Å². The normalized spacial score (nSPS) is 10.5. The van der Waals surface area contributed by atoms with Crippen molar-refractivity contribution < 1.29 is 14.7 Å². The highest BCUT2D eigenvalue weighted by atomic mass is 16.5. The molecule has 1 aromatic carbocycles. The summed E-state index contributed by atoms with van der Waals surface area (Å²) in [6.45, 7) is 1.82. The number of nitrogens with zero attached hydrogens (tertiary/aromatic N) is 3. The predicted octanol–water partition coefficient (Wildman–Crippen LogP) is 2.94. The van der Waals surface area contributed by atoms with Gasteiger partial charge in [0.15, 0.2) is 5.82 Å². The second-order valence-corrected chi connectivity index (χ2v) is 4.99. The lowest BCUT2D eigenvalue weighted by Gasteiger charge is -2.05. The number of benzene rings is 1. The molecule has 0 bridgehead atoms. The molecule has 116 valence electrons. The smallest absolute Gasteiger partial charge is 0.337 e. The van der Waals surface area contributed by atoms with Gasteiger partial charge in [-0.25, -0.2) is 9.78 Å². The van der Waals surface area contributed by atoms with Gasteiger partial charge < -0.3 is 9.94 Å². The quantitative estimate of drug-likeness (QED) is 0.594.